The monoisotopic (exact) mass is 578 g/mol. The molecule has 2 aromatic heterocycles. The predicted octanol–water partition coefficient (Wildman–Crippen LogP) is 3.58. The van der Waals surface area contributed by atoms with Crippen LogP contribution in [-0.4, -0.2) is 84.1 Å². The number of rotatable bonds is 9. The molecule has 0 amide bonds. The van der Waals surface area contributed by atoms with E-state index in [4.69, 9.17) is 14.5 Å². The molecule has 41 heavy (non-hydrogen) atoms. The van der Waals surface area contributed by atoms with Crippen molar-refractivity contribution in [3.8, 4) is 11.8 Å². The summed E-state index contributed by atoms with van der Waals surface area (Å²) in [6.07, 6.45) is 9.06. The molecule has 3 aliphatic rings. The molecule has 218 valence electrons. The zero-order chi connectivity index (χ0) is 28.6. The first-order valence-corrected chi connectivity index (χ1v) is 15.8. The van der Waals surface area contributed by atoms with Gasteiger partial charge in [-0.3, -0.25) is 9.88 Å². The molecular weight excluding hydrogens is 540 g/mol. The second kappa shape index (κ2) is 11.5. The van der Waals surface area contributed by atoms with Crippen molar-refractivity contribution in [1.29, 1.82) is 0 Å². The Hall–Kier alpha value is -3.28. The summed E-state index contributed by atoms with van der Waals surface area (Å²) in [5.74, 6) is 1.52. The molecule has 3 fully saturated rings. The molecule has 0 N–H and O–H groups in total. The van der Waals surface area contributed by atoms with Crippen molar-refractivity contribution in [2.45, 2.75) is 69.1 Å². The summed E-state index contributed by atoms with van der Waals surface area (Å²) in [6, 6.07) is 10.5. The number of ether oxygens (including phenoxy) is 2. The summed E-state index contributed by atoms with van der Waals surface area (Å²) in [4.78, 5) is 18.5. The number of sulfonamides is 1. The van der Waals surface area contributed by atoms with E-state index >= 15 is 0 Å². The van der Waals surface area contributed by atoms with Gasteiger partial charge in [0.2, 0.25) is 10.0 Å². The number of benzene rings is 1. The molecule has 0 radical (unpaired) electrons. The van der Waals surface area contributed by atoms with Gasteiger partial charge in [-0.25, -0.2) is 13.4 Å². The molecular formula is C30H38N6O4S. The van der Waals surface area contributed by atoms with E-state index < -0.39 is 10.0 Å². The van der Waals surface area contributed by atoms with Crippen molar-refractivity contribution < 1.29 is 17.9 Å². The summed E-state index contributed by atoms with van der Waals surface area (Å²) in [5, 5.41) is 0. The van der Waals surface area contributed by atoms with E-state index in [1.807, 2.05) is 32.3 Å². The summed E-state index contributed by atoms with van der Waals surface area (Å²) >= 11 is 0. The Morgan fingerprint density at radius 1 is 1.00 bits per heavy atom. The lowest BCUT2D eigenvalue weighted by molar-refractivity contribution is 0.161. The third kappa shape index (κ3) is 5.62. The average molecular weight is 579 g/mol. The van der Waals surface area contributed by atoms with Gasteiger partial charge in [-0.1, -0.05) is 6.42 Å². The Kier molecular flexibility index (Phi) is 7.84. The van der Waals surface area contributed by atoms with Gasteiger partial charge in [-0.05, 0) is 80.1 Å². The molecule has 0 spiro atoms. The molecule has 0 aliphatic carbocycles. The number of likely N-dealkylation sites (tertiary alicyclic amines) is 1. The number of pyridine rings is 1. The minimum atomic E-state index is -3.72. The van der Waals surface area contributed by atoms with Crippen LogP contribution in [0.15, 0.2) is 53.8 Å². The van der Waals surface area contributed by atoms with Gasteiger partial charge in [0.25, 0.3) is 0 Å². The largest absolute Gasteiger partial charge is 0.497 e. The zero-order valence-corrected chi connectivity index (χ0v) is 24.8. The maximum Gasteiger partial charge on any atom is 0.318 e. The number of hydrogen-bond acceptors (Lipinski definition) is 9. The van der Waals surface area contributed by atoms with Crippen molar-refractivity contribution in [1.82, 2.24) is 24.2 Å². The van der Waals surface area contributed by atoms with Gasteiger partial charge in [-0.15, -0.1) is 0 Å². The van der Waals surface area contributed by atoms with Crippen molar-refractivity contribution >= 4 is 15.8 Å². The fourth-order valence-electron chi connectivity index (χ4n) is 6.69. The van der Waals surface area contributed by atoms with Crippen LogP contribution < -0.4 is 14.4 Å². The normalized spacial score (nSPS) is 23.2. The van der Waals surface area contributed by atoms with Crippen molar-refractivity contribution in [3.05, 3.63) is 65.6 Å². The minimum Gasteiger partial charge on any atom is -0.497 e. The predicted molar refractivity (Wildman–Crippen MR) is 156 cm³/mol. The fourth-order valence-corrected chi connectivity index (χ4v) is 8.78. The number of piperazine rings is 1. The van der Waals surface area contributed by atoms with Gasteiger partial charge in [0.05, 0.1) is 18.0 Å². The molecule has 2 bridgehead atoms. The summed E-state index contributed by atoms with van der Waals surface area (Å²) in [7, 11) is -2.13. The van der Waals surface area contributed by atoms with Crippen LogP contribution in [-0.2, 0) is 16.6 Å². The van der Waals surface area contributed by atoms with E-state index in [9.17, 15) is 8.42 Å². The van der Waals surface area contributed by atoms with E-state index in [-0.39, 0.29) is 12.6 Å². The third-order valence-corrected chi connectivity index (χ3v) is 10.9. The van der Waals surface area contributed by atoms with E-state index in [2.05, 4.69) is 31.9 Å². The molecule has 0 saturated carbocycles. The Morgan fingerprint density at radius 2 is 1.78 bits per heavy atom. The van der Waals surface area contributed by atoms with E-state index in [1.165, 1.54) is 5.56 Å². The number of fused-ring (bicyclic) bond motifs is 2. The molecule has 1 aromatic carbocycles. The van der Waals surface area contributed by atoms with Crippen LogP contribution in [0.5, 0.6) is 11.8 Å². The van der Waals surface area contributed by atoms with Gasteiger partial charge in [0.15, 0.2) is 0 Å². The first kappa shape index (κ1) is 27.9. The van der Waals surface area contributed by atoms with E-state index in [0.717, 1.165) is 51.1 Å². The highest BCUT2D eigenvalue weighted by Gasteiger charge is 2.43. The van der Waals surface area contributed by atoms with Crippen LogP contribution in [0, 0.1) is 13.8 Å². The molecule has 11 heteroatoms. The Morgan fingerprint density at radius 3 is 2.49 bits per heavy atom. The summed E-state index contributed by atoms with van der Waals surface area (Å²) in [6.45, 7) is 7.17. The van der Waals surface area contributed by atoms with Gasteiger partial charge >= 0.3 is 6.01 Å². The minimum absolute atomic E-state index is 0.211. The third-order valence-electron chi connectivity index (χ3n) is 8.62. The van der Waals surface area contributed by atoms with Crippen molar-refractivity contribution in [2.24, 2.45) is 0 Å². The quantitative estimate of drug-likeness (QED) is 0.377. The second-order valence-corrected chi connectivity index (χ2v) is 13.2. The SMILES string of the molecule is COc1cc(C)c(S(=O)(=O)N2CCCCC2COc2nccc(N3CC4CC3CN4Cc3ccncc3)n2)c(C)c1. The summed E-state index contributed by atoms with van der Waals surface area (Å²) < 4.78 is 40.8. The number of aromatic nitrogens is 3. The lowest BCUT2D eigenvalue weighted by Crippen LogP contribution is -2.47. The number of piperidine rings is 1. The smallest absolute Gasteiger partial charge is 0.318 e. The maximum absolute atomic E-state index is 13.9. The standard InChI is InChI=1S/C30H38N6O4S/c1-21-14-27(39-3)15-22(2)29(21)41(37,38)36-13-5-4-6-24(36)20-40-30-32-12-9-28(33-30)35-19-25-16-26(35)18-34(25)17-23-7-10-31-11-8-23/h7-12,14-15,24-26H,4-6,13,16-20H2,1-3H3. The lowest BCUT2D eigenvalue weighted by atomic mass is 10.1. The Balaban J connectivity index is 1.12. The molecule has 3 aliphatic heterocycles. The Bertz CT molecular complexity index is 1460. The molecule has 3 saturated heterocycles. The highest BCUT2D eigenvalue weighted by atomic mass is 32.2. The fraction of sp³-hybridized carbons (Fsp3) is 0.500. The van der Waals surface area contributed by atoms with Crippen LogP contribution in [0.1, 0.15) is 42.4 Å². The van der Waals surface area contributed by atoms with E-state index in [1.54, 1.807) is 29.7 Å². The van der Waals surface area contributed by atoms with Crippen molar-refractivity contribution in [2.75, 3.05) is 38.3 Å². The molecule has 5 heterocycles. The Labute approximate surface area is 242 Å². The number of hydrogen-bond donors (Lipinski definition) is 0. The number of anilines is 1. The van der Waals surface area contributed by atoms with Crippen LogP contribution in [0.3, 0.4) is 0 Å². The molecule has 3 aromatic rings. The van der Waals surface area contributed by atoms with Crippen molar-refractivity contribution in [3.63, 3.8) is 0 Å². The zero-order valence-electron chi connectivity index (χ0n) is 23.9. The first-order valence-electron chi connectivity index (χ1n) is 14.4. The average Bonchev–Trinajstić information content (AvgIpc) is 3.57. The molecule has 3 atom stereocenters. The van der Waals surface area contributed by atoms with Crippen LogP contribution >= 0.6 is 0 Å². The van der Waals surface area contributed by atoms with Gasteiger partial charge in [0.1, 0.15) is 18.2 Å². The molecule has 10 nitrogen and oxygen atoms in total. The number of nitrogens with zero attached hydrogens (tertiary/aromatic N) is 6. The van der Waals surface area contributed by atoms with Gasteiger partial charge in [-0.2, -0.15) is 9.29 Å². The highest BCUT2D eigenvalue weighted by Crippen LogP contribution is 2.35. The first-order chi connectivity index (χ1) is 19.8. The highest BCUT2D eigenvalue weighted by molar-refractivity contribution is 7.89. The molecule has 6 rings (SSSR count). The van der Waals surface area contributed by atoms with Crippen LogP contribution in [0.25, 0.3) is 0 Å². The second-order valence-electron chi connectivity index (χ2n) is 11.3. The summed E-state index contributed by atoms with van der Waals surface area (Å²) in [5.41, 5.74) is 2.65. The topological polar surface area (TPSA) is 101 Å². The molecule has 3 unspecified atom stereocenters. The van der Waals surface area contributed by atoms with E-state index in [0.29, 0.717) is 46.4 Å². The number of methoxy groups -OCH3 is 1. The van der Waals surface area contributed by atoms with Gasteiger partial charge < -0.3 is 14.4 Å². The maximum atomic E-state index is 13.9. The number of aryl methyl sites for hydroxylation is 2. The van der Waals surface area contributed by atoms with Gasteiger partial charge in [0, 0.05) is 56.9 Å². The lowest BCUT2D eigenvalue weighted by Gasteiger charge is -2.35. The van der Waals surface area contributed by atoms with Crippen LogP contribution in [0.4, 0.5) is 5.82 Å². The van der Waals surface area contributed by atoms with Crippen LogP contribution in [0.2, 0.25) is 0 Å².